The zero-order valence-corrected chi connectivity index (χ0v) is 10.4. The van der Waals surface area contributed by atoms with Crippen LogP contribution in [0.2, 0.25) is 0 Å². The smallest absolute Gasteiger partial charge is 0.166 e. The van der Waals surface area contributed by atoms with Crippen molar-refractivity contribution in [1.82, 2.24) is 0 Å². The van der Waals surface area contributed by atoms with Gasteiger partial charge >= 0.3 is 6.18 Å². The average Bonchev–Trinajstić information content (AvgIpc) is 2.18. The molecule has 0 amide bonds. The lowest BCUT2D eigenvalue weighted by Crippen LogP contribution is -2.06. The molecule has 0 nitrogen and oxygen atoms in total. The third-order valence-electron chi connectivity index (χ3n) is 2.22. The Bertz CT molecular complexity index is 324. The maximum Gasteiger partial charge on any atom is 0.416 e. The number of rotatable bonds is 1. The molecule has 0 atom stereocenters. The van der Waals surface area contributed by atoms with Gasteiger partial charge in [0.2, 0.25) is 0 Å². The van der Waals surface area contributed by atoms with E-state index in [9.17, 15) is 13.2 Å². The minimum atomic E-state index is -4.24. The maximum atomic E-state index is 12.3. The zero-order chi connectivity index (χ0) is 12.9. The minimum Gasteiger partial charge on any atom is -0.166 e. The molecule has 1 aromatic carbocycles. The fourth-order valence-electron chi connectivity index (χ4n) is 1.50. The topological polar surface area (TPSA) is 0 Å². The Morgan fingerprint density at radius 3 is 1.88 bits per heavy atom. The first kappa shape index (κ1) is 15.0. The average molecular weight is 232 g/mol. The highest BCUT2D eigenvalue weighted by molar-refractivity contribution is 5.34. The lowest BCUT2D eigenvalue weighted by Gasteiger charge is -2.13. The van der Waals surface area contributed by atoms with E-state index >= 15 is 0 Å². The van der Waals surface area contributed by atoms with Crippen molar-refractivity contribution >= 4 is 0 Å². The highest BCUT2D eigenvalue weighted by Crippen LogP contribution is 2.31. The van der Waals surface area contributed by atoms with Gasteiger partial charge in [0.25, 0.3) is 0 Å². The van der Waals surface area contributed by atoms with Crippen molar-refractivity contribution in [3.8, 4) is 0 Å². The Balaban J connectivity index is 0.00000106. The third-order valence-corrected chi connectivity index (χ3v) is 2.22. The largest absolute Gasteiger partial charge is 0.416 e. The molecule has 0 bridgehead atoms. The van der Waals surface area contributed by atoms with Gasteiger partial charge in [0.05, 0.1) is 5.56 Å². The van der Waals surface area contributed by atoms with Crippen LogP contribution in [0.4, 0.5) is 13.2 Å². The van der Waals surface area contributed by atoms with Gasteiger partial charge in [0.15, 0.2) is 0 Å². The first-order chi connectivity index (χ1) is 7.32. The summed E-state index contributed by atoms with van der Waals surface area (Å²) in [5.41, 5.74) is 1.10. The summed E-state index contributed by atoms with van der Waals surface area (Å²) in [6, 6.07) is 3.90. The van der Waals surface area contributed by atoms with Crippen LogP contribution in [0.1, 0.15) is 50.3 Å². The molecule has 1 aromatic rings. The van der Waals surface area contributed by atoms with E-state index in [1.54, 1.807) is 13.0 Å². The van der Waals surface area contributed by atoms with Crippen molar-refractivity contribution < 1.29 is 13.2 Å². The Kier molecular flexibility index (Phi) is 5.56. The summed E-state index contributed by atoms with van der Waals surface area (Å²) >= 11 is 0. The normalized spacial score (nSPS) is 11.1. The summed E-state index contributed by atoms with van der Waals surface area (Å²) in [5, 5.41) is 0. The van der Waals surface area contributed by atoms with Crippen LogP contribution in [-0.4, -0.2) is 0 Å². The summed E-state index contributed by atoms with van der Waals surface area (Å²) in [7, 11) is 0. The van der Waals surface area contributed by atoms with Crippen molar-refractivity contribution in [3.05, 3.63) is 34.9 Å². The van der Waals surface area contributed by atoms with Crippen molar-refractivity contribution in [2.24, 2.45) is 0 Å². The van der Waals surface area contributed by atoms with Gasteiger partial charge in [-0.2, -0.15) is 13.2 Å². The molecule has 1 rings (SSSR count). The Morgan fingerprint density at radius 2 is 1.56 bits per heavy atom. The molecule has 0 saturated carbocycles. The van der Waals surface area contributed by atoms with Crippen molar-refractivity contribution in [2.75, 3.05) is 0 Å². The molecule has 0 spiro atoms. The molecule has 0 fully saturated rings. The second-order valence-electron chi connectivity index (χ2n) is 3.72. The predicted molar refractivity (Wildman–Crippen MR) is 61.6 cm³/mol. The van der Waals surface area contributed by atoms with Crippen LogP contribution in [0, 0.1) is 6.92 Å². The van der Waals surface area contributed by atoms with Gasteiger partial charge in [-0.3, -0.25) is 0 Å². The molecule has 0 N–H and O–H groups in total. The van der Waals surface area contributed by atoms with Crippen LogP contribution in [-0.2, 0) is 6.18 Å². The van der Waals surface area contributed by atoms with Gasteiger partial charge in [-0.15, -0.1) is 0 Å². The summed E-state index contributed by atoms with van der Waals surface area (Å²) in [6.07, 6.45) is -4.24. The molecule has 0 radical (unpaired) electrons. The van der Waals surface area contributed by atoms with Gasteiger partial charge in [-0.05, 0) is 36.1 Å². The number of alkyl halides is 3. The molecular formula is C13H19F3. The summed E-state index contributed by atoms with van der Waals surface area (Å²) < 4.78 is 36.9. The molecule has 0 aliphatic rings. The highest BCUT2D eigenvalue weighted by atomic mass is 19.4. The SMILES string of the molecule is CC.Cc1cc(C(F)(F)F)ccc1C(C)C. The Labute approximate surface area is 95.5 Å². The van der Waals surface area contributed by atoms with Gasteiger partial charge in [0.1, 0.15) is 0 Å². The fourth-order valence-corrected chi connectivity index (χ4v) is 1.50. The van der Waals surface area contributed by atoms with Gasteiger partial charge in [0, 0.05) is 0 Å². The summed E-state index contributed by atoms with van der Waals surface area (Å²) in [6.45, 7) is 9.65. The minimum absolute atomic E-state index is 0.261. The van der Waals surface area contributed by atoms with Crippen molar-refractivity contribution in [2.45, 2.75) is 46.7 Å². The number of benzene rings is 1. The summed E-state index contributed by atoms with van der Waals surface area (Å²) in [5.74, 6) is 0.261. The third kappa shape index (κ3) is 3.87. The van der Waals surface area contributed by atoms with E-state index in [0.717, 1.165) is 11.6 Å². The van der Waals surface area contributed by atoms with Crippen molar-refractivity contribution in [1.29, 1.82) is 0 Å². The van der Waals surface area contributed by atoms with E-state index in [2.05, 4.69) is 0 Å². The van der Waals surface area contributed by atoms with Crippen LogP contribution in [0.5, 0.6) is 0 Å². The van der Waals surface area contributed by atoms with Gasteiger partial charge in [-0.1, -0.05) is 33.8 Å². The number of hydrogen-bond donors (Lipinski definition) is 0. The van der Waals surface area contributed by atoms with Crippen LogP contribution >= 0.6 is 0 Å². The monoisotopic (exact) mass is 232 g/mol. The standard InChI is InChI=1S/C11H13F3.C2H6/c1-7(2)10-5-4-9(6-8(10)3)11(12,13)14;1-2/h4-7H,1-3H3;1-2H3. The molecule has 0 aliphatic heterocycles. The molecule has 0 aromatic heterocycles. The molecule has 0 saturated heterocycles. The number of hydrogen-bond acceptors (Lipinski definition) is 0. The fraction of sp³-hybridized carbons (Fsp3) is 0.538. The quantitative estimate of drug-likeness (QED) is 0.627. The van der Waals surface area contributed by atoms with Crippen LogP contribution < -0.4 is 0 Å². The van der Waals surface area contributed by atoms with Gasteiger partial charge in [-0.25, -0.2) is 0 Å². The Morgan fingerprint density at radius 1 is 1.06 bits per heavy atom. The van der Waals surface area contributed by atoms with Gasteiger partial charge < -0.3 is 0 Å². The number of halogens is 3. The van der Waals surface area contributed by atoms with E-state index in [1.807, 2.05) is 27.7 Å². The molecular weight excluding hydrogens is 213 g/mol. The van der Waals surface area contributed by atoms with Crippen molar-refractivity contribution in [3.63, 3.8) is 0 Å². The second kappa shape index (κ2) is 5.92. The molecule has 0 aliphatic carbocycles. The second-order valence-corrected chi connectivity index (χ2v) is 3.72. The zero-order valence-electron chi connectivity index (χ0n) is 10.4. The molecule has 16 heavy (non-hydrogen) atoms. The van der Waals surface area contributed by atoms with E-state index < -0.39 is 11.7 Å². The molecule has 3 heteroatoms. The van der Waals surface area contributed by atoms with Crippen LogP contribution in [0.3, 0.4) is 0 Å². The van der Waals surface area contributed by atoms with E-state index in [-0.39, 0.29) is 5.92 Å². The molecule has 0 unspecified atom stereocenters. The Hall–Kier alpha value is -0.990. The molecule has 92 valence electrons. The maximum absolute atomic E-state index is 12.3. The van der Waals surface area contributed by atoms with E-state index in [1.165, 1.54) is 6.07 Å². The highest BCUT2D eigenvalue weighted by Gasteiger charge is 2.30. The van der Waals surface area contributed by atoms with E-state index in [0.29, 0.717) is 5.56 Å². The van der Waals surface area contributed by atoms with E-state index in [4.69, 9.17) is 0 Å². The number of aryl methyl sites for hydroxylation is 1. The summed E-state index contributed by atoms with van der Waals surface area (Å²) in [4.78, 5) is 0. The lowest BCUT2D eigenvalue weighted by atomic mass is 9.96. The molecule has 0 heterocycles. The van der Waals surface area contributed by atoms with Crippen LogP contribution in [0.15, 0.2) is 18.2 Å². The predicted octanol–water partition coefficient (Wildman–Crippen LogP) is 5.16. The lowest BCUT2D eigenvalue weighted by molar-refractivity contribution is -0.137. The van der Waals surface area contributed by atoms with Crippen LogP contribution in [0.25, 0.3) is 0 Å². The first-order valence-corrected chi connectivity index (χ1v) is 5.50. The first-order valence-electron chi connectivity index (χ1n) is 5.50.